The van der Waals surface area contributed by atoms with Crippen LogP contribution in [0, 0.1) is 5.82 Å². The van der Waals surface area contributed by atoms with E-state index in [1.54, 1.807) is 24.3 Å². The fraction of sp³-hybridized carbons (Fsp3) is 0.417. The molecule has 2 aromatic carbocycles. The van der Waals surface area contributed by atoms with Crippen LogP contribution in [0.3, 0.4) is 0 Å². The summed E-state index contributed by atoms with van der Waals surface area (Å²) in [6.07, 6.45) is 3.18. The summed E-state index contributed by atoms with van der Waals surface area (Å²) in [5.41, 5.74) is 2.69. The summed E-state index contributed by atoms with van der Waals surface area (Å²) < 4.78 is 14.1. The second kappa shape index (κ2) is 7.87. The summed E-state index contributed by atoms with van der Waals surface area (Å²) in [6, 6.07) is 12.2. The Kier molecular flexibility index (Phi) is 5.04. The molecule has 5 rings (SSSR count). The van der Waals surface area contributed by atoms with Gasteiger partial charge in [-0.15, -0.1) is 0 Å². The first-order chi connectivity index (χ1) is 15.0. The molecule has 31 heavy (non-hydrogen) atoms. The standard InChI is InChI=1S/C24H27FN4O2/c1-26-21-16-17(9-10-18(21)24(31)29-11-5-4-8-22(26)29)23(30)28-14-12-27(13-15-28)20-7-3-2-6-19(20)25/h2-3,6-7,9-10,16,22H,4-5,8,11-15H2,1H3. The molecule has 2 aromatic rings. The number of piperidine rings is 1. The summed E-state index contributed by atoms with van der Waals surface area (Å²) in [6.45, 7) is 3.05. The number of para-hydroxylation sites is 1. The minimum atomic E-state index is -0.235. The maximum Gasteiger partial charge on any atom is 0.257 e. The summed E-state index contributed by atoms with van der Waals surface area (Å²) >= 11 is 0. The second-order valence-electron chi connectivity index (χ2n) is 8.55. The van der Waals surface area contributed by atoms with Gasteiger partial charge in [-0.3, -0.25) is 9.59 Å². The number of piperazine rings is 1. The quantitative estimate of drug-likeness (QED) is 0.746. The molecule has 3 heterocycles. The second-order valence-corrected chi connectivity index (χ2v) is 8.55. The maximum absolute atomic E-state index is 14.1. The van der Waals surface area contributed by atoms with E-state index >= 15 is 0 Å². The lowest BCUT2D eigenvalue weighted by atomic mass is 9.97. The molecule has 6 nitrogen and oxygen atoms in total. The van der Waals surface area contributed by atoms with E-state index in [0.717, 1.165) is 31.5 Å². The predicted molar refractivity (Wildman–Crippen MR) is 118 cm³/mol. The van der Waals surface area contributed by atoms with Crippen molar-refractivity contribution in [2.45, 2.75) is 25.4 Å². The third-order valence-electron chi connectivity index (χ3n) is 6.79. The van der Waals surface area contributed by atoms with Gasteiger partial charge in [-0.05, 0) is 49.6 Å². The van der Waals surface area contributed by atoms with Crippen molar-refractivity contribution in [1.82, 2.24) is 9.80 Å². The Morgan fingerprint density at radius 1 is 0.968 bits per heavy atom. The van der Waals surface area contributed by atoms with E-state index in [1.807, 2.05) is 33.9 Å². The minimum Gasteiger partial charge on any atom is -0.366 e. The highest BCUT2D eigenvalue weighted by Crippen LogP contribution is 2.35. The number of carbonyl (C=O) groups excluding carboxylic acids is 2. The highest BCUT2D eigenvalue weighted by molar-refractivity contribution is 6.04. The fourth-order valence-electron chi connectivity index (χ4n) is 5.05. The predicted octanol–water partition coefficient (Wildman–Crippen LogP) is 3.19. The number of fused-ring (bicyclic) bond motifs is 2. The first-order valence-electron chi connectivity index (χ1n) is 11.0. The molecule has 0 radical (unpaired) electrons. The van der Waals surface area contributed by atoms with Crippen molar-refractivity contribution in [1.29, 1.82) is 0 Å². The molecular formula is C24H27FN4O2. The molecule has 0 bridgehead atoms. The number of benzene rings is 2. The molecule has 0 saturated carbocycles. The van der Waals surface area contributed by atoms with Gasteiger partial charge in [0.1, 0.15) is 12.0 Å². The smallest absolute Gasteiger partial charge is 0.257 e. The first kappa shape index (κ1) is 19.8. The fourth-order valence-corrected chi connectivity index (χ4v) is 5.05. The number of hydrogen-bond donors (Lipinski definition) is 0. The number of halogens is 1. The average Bonchev–Trinajstić information content (AvgIpc) is 2.82. The van der Waals surface area contributed by atoms with Crippen LogP contribution in [-0.2, 0) is 0 Å². The number of anilines is 2. The lowest BCUT2D eigenvalue weighted by Gasteiger charge is -2.46. The Bertz CT molecular complexity index is 1020. The third kappa shape index (κ3) is 3.42. The highest BCUT2D eigenvalue weighted by atomic mass is 19.1. The van der Waals surface area contributed by atoms with Crippen LogP contribution < -0.4 is 9.80 Å². The summed E-state index contributed by atoms with van der Waals surface area (Å²) in [7, 11) is 2.01. The van der Waals surface area contributed by atoms with Crippen molar-refractivity contribution < 1.29 is 14.0 Å². The highest BCUT2D eigenvalue weighted by Gasteiger charge is 2.37. The molecule has 1 unspecified atom stereocenters. The zero-order chi connectivity index (χ0) is 21.5. The van der Waals surface area contributed by atoms with Crippen LogP contribution >= 0.6 is 0 Å². The van der Waals surface area contributed by atoms with Crippen molar-refractivity contribution in [2.24, 2.45) is 0 Å². The van der Waals surface area contributed by atoms with E-state index in [2.05, 4.69) is 4.90 Å². The molecule has 2 saturated heterocycles. The molecule has 0 N–H and O–H groups in total. The van der Waals surface area contributed by atoms with Gasteiger partial charge in [-0.1, -0.05) is 12.1 Å². The third-order valence-corrected chi connectivity index (χ3v) is 6.79. The lowest BCUT2D eigenvalue weighted by Crippen LogP contribution is -2.56. The molecule has 7 heteroatoms. The molecule has 1 atom stereocenters. The number of nitrogens with zero attached hydrogens (tertiary/aromatic N) is 4. The molecule has 0 spiro atoms. The van der Waals surface area contributed by atoms with Gasteiger partial charge in [0.25, 0.3) is 11.8 Å². The van der Waals surface area contributed by atoms with Gasteiger partial charge in [-0.2, -0.15) is 0 Å². The molecular weight excluding hydrogens is 395 g/mol. The Hall–Kier alpha value is -3.09. The van der Waals surface area contributed by atoms with Crippen LogP contribution in [0.15, 0.2) is 42.5 Å². The summed E-state index contributed by atoms with van der Waals surface area (Å²) in [5, 5.41) is 0. The van der Waals surface area contributed by atoms with E-state index in [4.69, 9.17) is 0 Å². The van der Waals surface area contributed by atoms with E-state index < -0.39 is 0 Å². The molecule has 3 aliphatic heterocycles. The van der Waals surface area contributed by atoms with E-state index in [9.17, 15) is 14.0 Å². The number of amides is 2. The van der Waals surface area contributed by atoms with Gasteiger partial charge < -0.3 is 19.6 Å². The van der Waals surface area contributed by atoms with Crippen molar-refractivity contribution in [3.05, 3.63) is 59.4 Å². The molecule has 2 fully saturated rings. The topological polar surface area (TPSA) is 47.1 Å². The van der Waals surface area contributed by atoms with Crippen LogP contribution in [0.25, 0.3) is 0 Å². The first-order valence-corrected chi connectivity index (χ1v) is 11.0. The molecule has 2 amide bonds. The van der Waals surface area contributed by atoms with E-state index in [0.29, 0.717) is 43.0 Å². The van der Waals surface area contributed by atoms with Gasteiger partial charge in [0, 0.05) is 45.3 Å². The Labute approximate surface area is 181 Å². The monoisotopic (exact) mass is 422 g/mol. The SMILES string of the molecule is CN1c2cc(C(=O)N3CCN(c4ccccc4F)CC3)ccc2C(=O)N2CCCCC21. The van der Waals surface area contributed by atoms with Gasteiger partial charge in [-0.25, -0.2) is 4.39 Å². The van der Waals surface area contributed by atoms with Crippen molar-refractivity contribution in [3.63, 3.8) is 0 Å². The van der Waals surface area contributed by atoms with Gasteiger partial charge in [0.15, 0.2) is 0 Å². The van der Waals surface area contributed by atoms with Crippen LogP contribution in [-0.4, -0.2) is 67.6 Å². The Balaban J connectivity index is 1.33. The molecule has 162 valence electrons. The Morgan fingerprint density at radius 3 is 2.52 bits per heavy atom. The number of carbonyl (C=O) groups is 2. The van der Waals surface area contributed by atoms with Crippen LogP contribution in [0.2, 0.25) is 0 Å². The normalized spacial score (nSPS) is 21.1. The van der Waals surface area contributed by atoms with Crippen molar-refractivity contribution in [3.8, 4) is 0 Å². The van der Waals surface area contributed by atoms with E-state index in [-0.39, 0.29) is 23.8 Å². The van der Waals surface area contributed by atoms with Crippen molar-refractivity contribution in [2.75, 3.05) is 49.6 Å². The van der Waals surface area contributed by atoms with Gasteiger partial charge >= 0.3 is 0 Å². The van der Waals surface area contributed by atoms with Gasteiger partial charge in [0.05, 0.1) is 16.9 Å². The molecule has 0 aromatic heterocycles. The minimum absolute atomic E-state index is 0.0390. The Morgan fingerprint density at radius 2 is 1.74 bits per heavy atom. The van der Waals surface area contributed by atoms with Crippen molar-refractivity contribution >= 4 is 23.2 Å². The number of rotatable bonds is 2. The molecule has 0 aliphatic carbocycles. The summed E-state index contributed by atoms with van der Waals surface area (Å²) in [5.74, 6) is -0.209. The summed E-state index contributed by atoms with van der Waals surface area (Å²) in [4.78, 5) is 34.0. The molecule has 3 aliphatic rings. The van der Waals surface area contributed by atoms with E-state index in [1.165, 1.54) is 6.07 Å². The van der Waals surface area contributed by atoms with Gasteiger partial charge in [0.2, 0.25) is 0 Å². The van der Waals surface area contributed by atoms with Crippen LogP contribution in [0.1, 0.15) is 40.0 Å². The largest absolute Gasteiger partial charge is 0.366 e. The number of hydrogen-bond acceptors (Lipinski definition) is 4. The zero-order valence-corrected chi connectivity index (χ0v) is 17.8. The van der Waals surface area contributed by atoms with Crippen LogP contribution in [0.5, 0.6) is 0 Å². The average molecular weight is 423 g/mol. The lowest BCUT2D eigenvalue weighted by molar-refractivity contribution is 0.0588. The zero-order valence-electron chi connectivity index (χ0n) is 17.8. The maximum atomic E-state index is 14.1. The van der Waals surface area contributed by atoms with Crippen LogP contribution in [0.4, 0.5) is 15.8 Å².